The van der Waals surface area contributed by atoms with Gasteiger partial charge in [0.2, 0.25) is 10.9 Å². The van der Waals surface area contributed by atoms with E-state index in [1.165, 1.54) is 12.1 Å². The highest BCUT2D eigenvalue weighted by atomic mass is 32.2. The Balaban J connectivity index is 1.46. The molecule has 2 heterocycles. The third-order valence-corrected chi connectivity index (χ3v) is 6.97. The average Bonchev–Trinajstić information content (AvgIpc) is 3.28. The molecule has 1 aliphatic heterocycles. The summed E-state index contributed by atoms with van der Waals surface area (Å²) in [4.78, 5) is 13.8. The van der Waals surface area contributed by atoms with Crippen LogP contribution in [-0.2, 0) is 20.7 Å². The lowest BCUT2D eigenvalue weighted by Gasteiger charge is -2.41. The van der Waals surface area contributed by atoms with Crippen molar-refractivity contribution < 1.29 is 31.5 Å². The minimum atomic E-state index is -3.53. The maximum atomic E-state index is 11.8. The van der Waals surface area contributed by atoms with Crippen molar-refractivity contribution in [2.75, 3.05) is 34.4 Å². The van der Waals surface area contributed by atoms with Crippen molar-refractivity contribution in [3.8, 4) is 11.4 Å². The monoisotopic (exact) mass is 505 g/mol. The summed E-state index contributed by atoms with van der Waals surface area (Å²) in [5, 5.41) is 9.63. The van der Waals surface area contributed by atoms with Gasteiger partial charge in [-0.05, 0) is 48.5 Å². The summed E-state index contributed by atoms with van der Waals surface area (Å²) in [5.74, 6) is -1.13. The number of sulfone groups is 1. The number of aromatic carboxylic acids is 1. The van der Waals surface area contributed by atoms with Crippen molar-refractivity contribution >= 4 is 38.1 Å². The van der Waals surface area contributed by atoms with Crippen molar-refractivity contribution in [3.63, 3.8) is 0 Å². The number of ether oxygens (including phenoxy) is 1. The Morgan fingerprint density at radius 2 is 1.74 bits per heavy atom. The van der Waals surface area contributed by atoms with Crippen molar-refractivity contribution in [3.05, 3.63) is 72.6 Å². The third-order valence-electron chi connectivity index (χ3n) is 5.29. The molecule has 10 nitrogen and oxygen atoms in total. The van der Waals surface area contributed by atoms with Crippen LogP contribution in [0.4, 0.5) is 11.4 Å². The zero-order valence-electron chi connectivity index (χ0n) is 18.1. The number of anilines is 2. The second-order valence-electron chi connectivity index (χ2n) is 7.90. The summed E-state index contributed by atoms with van der Waals surface area (Å²) in [6.45, 7) is 1.07. The van der Waals surface area contributed by atoms with E-state index in [9.17, 15) is 26.7 Å². The quantitative estimate of drug-likeness (QED) is 0.422. The number of benzene rings is 2. The van der Waals surface area contributed by atoms with Crippen LogP contribution in [-0.4, -0.2) is 63.8 Å². The summed E-state index contributed by atoms with van der Waals surface area (Å²) < 4.78 is 54.5. The number of hydrogen-bond donors (Lipinski definition) is 2. The summed E-state index contributed by atoms with van der Waals surface area (Å²) in [5.41, 5.74) is 1.79. The van der Waals surface area contributed by atoms with Crippen LogP contribution < -0.4 is 13.9 Å². The molecule has 0 aliphatic carbocycles. The third kappa shape index (κ3) is 5.18. The van der Waals surface area contributed by atoms with Gasteiger partial charge in [-0.15, -0.1) is 0 Å². The van der Waals surface area contributed by atoms with Gasteiger partial charge < -0.3 is 19.3 Å². The SMILES string of the molecule is CS(=O)(=O)CN(c1ccc(OC2CN(c3cccc(C(=O)O)c3-n3cccc3)C2)cc1)[SH](=O)=O. The van der Waals surface area contributed by atoms with Gasteiger partial charge in [-0.1, -0.05) is 6.07 Å². The van der Waals surface area contributed by atoms with Gasteiger partial charge in [0.15, 0.2) is 9.84 Å². The molecule has 3 aromatic rings. The lowest BCUT2D eigenvalue weighted by atomic mass is 10.1. The summed E-state index contributed by atoms with van der Waals surface area (Å²) in [6.07, 6.45) is 4.40. The number of hydrogen-bond acceptors (Lipinski definition) is 7. The van der Waals surface area contributed by atoms with Gasteiger partial charge in [0.25, 0.3) is 0 Å². The molecule has 1 aliphatic rings. The highest BCUT2D eigenvalue weighted by Crippen LogP contribution is 2.33. The molecule has 0 atom stereocenters. The topological polar surface area (TPSA) is 126 Å². The van der Waals surface area contributed by atoms with Crippen molar-refractivity contribution in [1.29, 1.82) is 0 Å². The van der Waals surface area contributed by atoms with Crippen LogP contribution in [0.2, 0.25) is 0 Å². The normalized spacial score (nSPS) is 14.1. The van der Waals surface area contributed by atoms with Crippen LogP contribution in [0.1, 0.15) is 10.4 Å². The van der Waals surface area contributed by atoms with Gasteiger partial charge in [-0.25, -0.2) is 21.6 Å². The number of nitrogens with zero attached hydrogens (tertiary/aromatic N) is 3. The number of carbonyl (C=O) groups is 1. The Morgan fingerprint density at radius 3 is 2.29 bits per heavy atom. The first-order chi connectivity index (χ1) is 16.1. The number of rotatable bonds is 9. The van der Waals surface area contributed by atoms with E-state index in [0.717, 1.165) is 16.2 Å². The van der Waals surface area contributed by atoms with Crippen molar-refractivity contribution in [2.45, 2.75) is 6.10 Å². The van der Waals surface area contributed by atoms with Crippen molar-refractivity contribution in [2.24, 2.45) is 0 Å². The molecule has 0 bridgehead atoms. The molecule has 1 fully saturated rings. The molecule has 1 N–H and O–H groups in total. The molecule has 1 aromatic heterocycles. The molecule has 0 unspecified atom stereocenters. The van der Waals surface area contributed by atoms with Crippen LogP contribution in [0.25, 0.3) is 5.69 Å². The summed E-state index contributed by atoms with van der Waals surface area (Å²) >= 11 is 0. The Kier molecular flexibility index (Phi) is 6.53. The van der Waals surface area contributed by atoms with Gasteiger partial charge in [0.1, 0.15) is 17.7 Å². The maximum Gasteiger partial charge on any atom is 0.337 e. The van der Waals surface area contributed by atoms with E-state index in [0.29, 0.717) is 24.5 Å². The number of aromatic nitrogens is 1. The minimum Gasteiger partial charge on any atom is -0.487 e. The fourth-order valence-electron chi connectivity index (χ4n) is 3.75. The Bertz CT molecular complexity index is 1350. The zero-order valence-corrected chi connectivity index (χ0v) is 19.9. The van der Waals surface area contributed by atoms with E-state index < -0.39 is 32.6 Å². The first-order valence-corrected chi connectivity index (χ1v) is 13.4. The summed E-state index contributed by atoms with van der Waals surface area (Å²) in [7, 11) is -6.65. The molecule has 0 radical (unpaired) electrons. The number of thiol groups is 1. The van der Waals surface area contributed by atoms with Crippen LogP contribution in [0, 0.1) is 0 Å². The predicted molar refractivity (Wildman–Crippen MR) is 128 cm³/mol. The second kappa shape index (κ2) is 9.39. The first-order valence-electron chi connectivity index (χ1n) is 10.2. The summed E-state index contributed by atoms with van der Waals surface area (Å²) in [6, 6.07) is 15.0. The standard InChI is InChI=1S/C22H23N3O7S2/c1-34(30,31)15-25(33(28)29)16-7-9-17(10-8-16)32-18-13-24(14-18)20-6-4-5-19(22(26)27)21(20)23-11-2-3-12-23/h2-12,18,33H,13-15H2,1H3,(H,26,27). The highest BCUT2D eigenvalue weighted by Gasteiger charge is 2.32. The van der Waals surface area contributed by atoms with E-state index in [1.54, 1.807) is 41.2 Å². The molecule has 4 rings (SSSR count). The molecule has 34 heavy (non-hydrogen) atoms. The molecule has 0 spiro atoms. The van der Waals surface area contributed by atoms with Crippen LogP contribution in [0.5, 0.6) is 5.75 Å². The Labute approximate surface area is 198 Å². The smallest absolute Gasteiger partial charge is 0.337 e. The molecule has 2 aromatic carbocycles. The zero-order chi connectivity index (χ0) is 24.5. The van der Waals surface area contributed by atoms with E-state index in [4.69, 9.17) is 4.74 Å². The Morgan fingerprint density at radius 1 is 1.09 bits per heavy atom. The first kappa shape index (κ1) is 23.6. The van der Waals surface area contributed by atoms with E-state index in [1.807, 2.05) is 23.1 Å². The number of para-hydroxylation sites is 1. The second-order valence-corrected chi connectivity index (χ2v) is 11.0. The van der Waals surface area contributed by atoms with Crippen LogP contribution >= 0.6 is 0 Å². The fourth-order valence-corrected chi connectivity index (χ4v) is 5.67. The Hall–Kier alpha value is -3.51. The van der Waals surface area contributed by atoms with Crippen molar-refractivity contribution in [1.82, 2.24) is 4.57 Å². The molecule has 180 valence electrons. The fraction of sp³-hybridized carbons (Fsp3) is 0.227. The molecule has 12 heteroatoms. The van der Waals surface area contributed by atoms with Crippen LogP contribution in [0.15, 0.2) is 67.0 Å². The van der Waals surface area contributed by atoms with E-state index >= 15 is 0 Å². The average molecular weight is 506 g/mol. The molecule has 0 amide bonds. The van der Waals surface area contributed by atoms with Gasteiger partial charge in [0, 0.05) is 18.6 Å². The van der Waals surface area contributed by atoms with Crippen LogP contribution in [0.3, 0.4) is 0 Å². The molecule has 0 saturated carbocycles. The molecule has 1 saturated heterocycles. The largest absolute Gasteiger partial charge is 0.487 e. The number of carboxylic acid groups (broad SMARTS) is 1. The lowest BCUT2D eigenvalue weighted by Crippen LogP contribution is -2.54. The van der Waals surface area contributed by atoms with E-state index in [-0.39, 0.29) is 17.4 Å². The van der Waals surface area contributed by atoms with E-state index in [2.05, 4.69) is 0 Å². The molecular formula is C22H23N3O7S2. The number of carboxylic acids is 1. The predicted octanol–water partition coefficient (Wildman–Crippen LogP) is 1.78. The highest BCUT2D eigenvalue weighted by molar-refractivity contribution is 7.91. The van der Waals surface area contributed by atoms with Gasteiger partial charge >= 0.3 is 5.97 Å². The van der Waals surface area contributed by atoms with Gasteiger partial charge in [0.05, 0.1) is 35.7 Å². The molecular weight excluding hydrogens is 482 g/mol. The minimum absolute atomic E-state index is 0.153. The van der Waals surface area contributed by atoms with Gasteiger partial charge in [-0.2, -0.15) is 0 Å². The lowest BCUT2D eigenvalue weighted by molar-refractivity contribution is 0.0697. The maximum absolute atomic E-state index is 11.8. The van der Waals surface area contributed by atoms with Gasteiger partial charge in [-0.3, -0.25) is 4.31 Å².